The first-order valence-electron chi connectivity index (χ1n) is 4.69. The van der Waals surface area contributed by atoms with Crippen molar-refractivity contribution in [1.29, 1.82) is 0 Å². The van der Waals surface area contributed by atoms with Gasteiger partial charge in [0.1, 0.15) is 5.75 Å². The second-order valence-electron chi connectivity index (χ2n) is 4.28. The Bertz CT molecular complexity index is 380. The highest BCUT2D eigenvalue weighted by molar-refractivity contribution is 9.09. The second-order valence-corrected chi connectivity index (χ2v) is 6.07. The summed E-state index contributed by atoms with van der Waals surface area (Å²) < 4.78 is 5.62. The minimum absolute atomic E-state index is 0.0371. The van der Waals surface area contributed by atoms with Gasteiger partial charge < -0.3 is 4.74 Å². The lowest BCUT2D eigenvalue weighted by Gasteiger charge is -2.22. The van der Waals surface area contributed by atoms with E-state index >= 15 is 0 Å². The largest absolute Gasteiger partial charge is 0.491 e. The summed E-state index contributed by atoms with van der Waals surface area (Å²) in [4.78, 5) is 0. The summed E-state index contributed by atoms with van der Waals surface area (Å²) in [5.41, 5.74) is 0.0371. The first-order chi connectivity index (χ1) is 7.35. The molecule has 90 valence electrons. The fraction of sp³-hybridized carbons (Fsp3) is 0.455. The lowest BCUT2D eigenvalue weighted by atomic mass is 9.98. The van der Waals surface area contributed by atoms with E-state index in [0.717, 1.165) is 5.33 Å². The average molecular weight is 346 g/mol. The first kappa shape index (κ1) is 14.4. The van der Waals surface area contributed by atoms with Gasteiger partial charge in [-0.25, -0.2) is 0 Å². The Morgan fingerprint density at radius 3 is 2.25 bits per heavy atom. The van der Waals surface area contributed by atoms with Crippen LogP contribution in [0.1, 0.15) is 13.8 Å². The Kier molecular flexibility index (Phi) is 5.24. The Morgan fingerprint density at radius 2 is 1.69 bits per heavy atom. The van der Waals surface area contributed by atoms with E-state index in [1.807, 2.05) is 0 Å². The number of ether oxygens (including phenoxy) is 1. The molecule has 0 fully saturated rings. The van der Waals surface area contributed by atoms with Crippen molar-refractivity contribution in [3.05, 3.63) is 27.2 Å². The summed E-state index contributed by atoms with van der Waals surface area (Å²) in [5.74, 6) is 0.560. The molecule has 0 spiro atoms. The quantitative estimate of drug-likeness (QED) is 0.520. The monoisotopic (exact) mass is 344 g/mol. The molecular weight excluding hydrogens is 334 g/mol. The zero-order valence-corrected chi connectivity index (χ0v) is 12.8. The molecule has 0 atom stereocenters. The Morgan fingerprint density at radius 1 is 1.12 bits per heavy atom. The molecule has 1 aromatic rings. The molecule has 0 bridgehead atoms. The van der Waals surface area contributed by atoms with E-state index in [4.69, 9.17) is 39.5 Å². The SMILES string of the molecule is CC(C)(CBr)COc1cc(Cl)c(Cl)cc1Cl. The van der Waals surface area contributed by atoms with Crippen molar-refractivity contribution in [1.82, 2.24) is 0 Å². The van der Waals surface area contributed by atoms with Crippen molar-refractivity contribution >= 4 is 50.7 Å². The van der Waals surface area contributed by atoms with Crippen LogP contribution in [0.2, 0.25) is 15.1 Å². The van der Waals surface area contributed by atoms with Gasteiger partial charge in [0.05, 0.1) is 21.7 Å². The Hall–Kier alpha value is 0.370. The highest BCUT2D eigenvalue weighted by atomic mass is 79.9. The highest BCUT2D eigenvalue weighted by Gasteiger charge is 2.18. The third-order valence-electron chi connectivity index (χ3n) is 1.95. The standard InChI is InChI=1S/C11H12BrCl3O/c1-11(2,5-12)6-16-10-4-8(14)7(13)3-9(10)15/h3-4H,5-6H2,1-2H3. The van der Waals surface area contributed by atoms with Crippen LogP contribution in [0.15, 0.2) is 12.1 Å². The van der Waals surface area contributed by atoms with Gasteiger partial charge in [-0.2, -0.15) is 0 Å². The number of hydrogen-bond donors (Lipinski definition) is 0. The molecule has 0 saturated carbocycles. The number of halogens is 4. The van der Waals surface area contributed by atoms with Crippen LogP contribution < -0.4 is 4.74 Å². The van der Waals surface area contributed by atoms with Gasteiger partial charge in [0.25, 0.3) is 0 Å². The van der Waals surface area contributed by atoms with Crippen LogP contribution >= 0.6 is 50.7 Å². The zero-order chi connectivity index (χ0) is 12.3. The van der Waals surface area contributed by atoms with Gasteiger partial charge in [0.15, 0.2) is 0 Å². The molecule has 1 aromatic carbocycles. The molecular formula is C11H12BrCl3O. The molecule has 0 radical (unpaired) electrons. The minimum Gasteiger partial charge on any atom is -0.491 e. The van der Waals surface area contributed by atoms with Crippen LogP contribution in [-0.4, -0.2) is 11.9 Å². The van der Waals surface area contributed by atoms with Gasteiger partial charge >= 0.3 is 0 Å². The first-order valence-corrected chi connectivity index (χ1v) is 6.94. The molecule has 0 saturated heterocycles. The summed E-state index contributed by atoms with van der Waals surface area (Å²) in [5, 5.41) is 2.19. The molecule has 5 heteroatoms. The van der Waals surface area contributed by atoms with Crippen molar-refractivity contribution in [2.75, 3.05) is 11.9 Å². The topological polar surface area (TPSA) is 9.23 Å². The lowest BCUT2D eigenvalue weighted by molar-refractivity contribution is 0.203. The molecule has 16 heavy (non-hydrogen) atoms. The normalized spacial score (nSPS) is 11.6. The van der Waals surface area contributed by atoms with Gasteiger partial charge in [-0.3, -0.25) is 0 Å². The van der Waals surface area contributed by atoms with Crippen molar-refractivity contribution in [2.45, 2.75) is 13.8 Å². The molecule has 1 nitrogen and oxygen atoms in total. The fourth-order valence-electron chi connectivity index (χ4n) is 0.927. The second kappa shape index (κ2) is 5.81. The van der Waals surface area contributed by atoms with Crippen molar-refractivity contribution in [3.8, 4) is 5.75 Å². The maximum atomic E-state index is 5.99. The summed E-state index contributed by atoms with van der Waals surface area (Å²) in [6.07, 6.45) is 0. The van der Waals surface area contributed by atoms with Crippen LogP contribution in [-0.2, 0) is 0 Å². The van der Waals surface area contributed by atoms with Crippen molar-refractivity contribution < 1.29 is 4.74 Å². The molecule has 0 amide bonds. The van der Waals surface area contributed by atoms with Crippen molar-refractivity contribution in [3.63, 3.8) is 0 Å². The average Bonchev–Trinajstić information content (AvgIpc) is 2.22. The van der Waals surface area contributed by atoms with E-state index < -0.39 is 0 Å². The van der Waals surface area contributed by atoms with Crippen LogP contribution in [0.3, 0.4) is 0 Å². The van der Waals surface area contributed by atoms with Crippen LogP contribution in [0.25, 0.3) is 0 Å². The molecule has 0 aliphatic rings. The van der Waals surface area contributed by atoms with Crippen LogP contribution in [0.5, 0.6) is 5.75 Å². The van der Waals surface area contributed by atoms with E-state index in [1.165, 1.54) is 0 Å². The third kappa shape index (κ3) is 3.99. The van der Waals surface area contributed by atoms with E-state index in [-0.39, 0.29) is 5.41 Å². The molecule has 0 unspecified atom stereocenters. The Balaban J connectivity index is 2.79. The summed E-state index contributed by atoms with van der Waals surface area (Å²) >= 11 is 21.1. The maximum Gasteiger partial charge on any atom is 0.139 e. The summed E-state index contributed by atoms with van der Waals surface area (Å²) in [6, 6.07) is 3.22. The predicted octanol–water partition coefficient (Wildman–Crippen LogP) is 5.45. The number of rotatable bonds is 4. The molecule has 0 N–H and O–H groups in total. The van der Waals surface area contributed by atoms with Gasteiger partial charge in [0, 0.05) is 16.8 Å². The Labute approximate surface area is 119 Å². The smallest absolute Gasteiger partial charge is 0.139 e. The van der Waals surface area contributed by atoms with E-state index in [1.54, 1.807) is 12.1 Å². The minimum atomic E-state index is 0.0371. The van der Waals surface area contributed by atoms with Gasteiger partial charge in [-0.1, -0.05) is 64.6 Å². The van der Waals surface area contributed by atoms with Crippen molar-refractivity contribution in [2.24, 2.45) is 5.41 Å². The van der Waals surface area contributed by atoms with Crippen LogP contribution in [0.4, 0.5) is 0 Å². The number of benzene rings is 1. The third-order valence-corrected chi connectivity index (χ3v) is 4.49. The predicted molar refractivity (Wildman–Crippen MR) is 74.5 cm³/mol. The molecule has 0 heterocycles. The van der Waals surface area contributed by atoms with E-state index in [9.17, 15) is 0 Å². The van der Waals surface area contributed by atoms with Gasteiger partial charge in [-0.15, -0.1) is 0 Å². The van der Waals surface area contributed by atoms with Gasteiger partial charge in [0.2, 0.25) is 0 Å². The van der Waals surface area contributed by atoms with Crippen LogP contribution in [0, 0.1) is 5.41 Å². The lowest BCUT2D eigenvalue weighted by Crippen LogP contribution is -2.22. The maximum absolute atomic E-state index is 5.99. The summed E-state index contributed by atoms with van der Waals surface area (Å²) in [6.45, 7) is 4.73. The number of alkyl halides is 1. The zero-order valence-electron chi connectivity index (χ0n) is 8.99. The molecule has 0 aliphatic carbocycles. The molecule has 0 aromatic heterocycles. The van der Waals surface area contributed by atoms with E-state index in [2.05, 4.69) is 29.8 Å². The summed E-state index contributed by atoms with van der Waals surface area (Å²) in [7, 11) is 0. The highest BCUT2D eigenvalue weighted by Crippen LogP contribution is 2.34. The fourth-order valence-corrected chi connectivity index (χ4v) is 1.68. The van der Waals surface area contributed by atoms with E-state index in [0.29, 0.717) is 27.4 Å². The molecule has 0 aliphatic heterocycles. The van der Waals surface area contributed by atoms with Gasteiger partial charge in [-0.05, 0) is 6.07 Å². The number of hydrogen-bond acceptors (Lipinski definition) is 1. The molecule has 1 rings (SSSR count).